The summed E-state index contributed by atoms with van der Waals surface area (Å²) in [5, 5.41) is 3.49. The van der Waals surface area contributed by atoms with Crippen molar-refractivity contribution in [2.24, 2.45) is 5.92 Å². The number of rotatable bonds is 6. The molecule has 148 valence electrons. The van der Waals surface area contributed by atoms with Crippen LogP contribution in [-0.4, -0.2) is 30.7 Å². The van der Waals surface area contributed by atoms with Crippen LogP contribution in [0.1, 0.15) is 46.5 Å². The van der Waals surface area contributed by atoms with Crippen LogP contribution in [0, 0.1) is 5.92 Å². The molecule has 1 fully saturated rings. The molecule has 2 N–H and O–H groups in total. The van der Waals surface area contributed by atoms with E-state index < -0.39 is 14.8 Å². The summed E-state index contributed by atoms with van der Waals surface area (Å²) in [6.45, 7) is 6.11. The second kappa shape index (κ2) is 8.02. The lowest BCUT2D eigenvalue weighted by atomic mass is 9.86. The van der Waals surface area contributed by atoms with Gasteiger partial charge in [0.1, 0.15) is 0 Å². The van der Waals surface area contributed by atoms with Crippen molar-refractivity contribution in [2.75, 3.05) is 11.9 Å². The Morgan fingerprint density at radius 3 is 2.33 bits per heavy atom. The van der Waals surface area contributed by atoms with Crippen molar-refractivity contribution in [3.8, 4) is 11.3 Å². The van der Waals surface area contributed by atoms with Crippen molar-refractivity contribution in [2.45, 2.75) is 57.2 Å². The van der Waals surface area contributed by atoms with E-state index in [9.17, 15) is 8.42 Å². The smallest absolute Gasteiger partial charge is 0.216 e. The van der Waals surface area contributed by atoms with Gasteiger partial charge in [-0.05, 0) is 76.6 Å². The van der Waals surface area contributed by atoms with Crippen LogP contribution in [-0.2, 0) is 10.0 Å². The number of nitrogens with one attached hydrogen (secondary N) is 2. The molecule has 6 nitrogen and oxygen atoms in total. The highest BCUT2D eigenvalue weighted by molar-refractivity contribution is 7.90. The van der Waals surface area contributed by atoms with E-state index >= 15 is 0 Å². The van der Waals surface area contributed by atoms with E-state index in [0.29, 0.717) is 5.92 Å². The van der Waals surface area contributed by atoms with Crippen LogP contribution < -0.4 is 10.0 Å². The van der Waals surface area contributed by atoms with Crippen molar-refractivity contribution in [1.29, 1.82) is 0 Å². The average molecular weight is 392 g/mol. The van der Waals surface area contributed by atoms with Gasteiger partial charge in [-0.15, -0.1) is 0 Å². The number of aromatic nitrogens is 1. The summed E-state index contributed by atoms with van der Waals surface area (Å²) in [6.07, 6.45) is 6.98. The van der Waals surface area contributed by atoms with Crippen LogP contribution in [0.3, 0.4) is 0 Å². The number of oxazole rings is 1. The molecule has 0 unspecified atom stereocenters. The topological polar surface area (TPSA) is 84.2 Å². The molecule has 7 heteroatoms. The lowest BCUT2D eigenvalue weighted by Gasteiger charge is -2.31. The van der Waals surface area contributed by atoms with Crippen molar-refractivity contribution in [1.82, 2.24) is 9.71 Å². The standard InChI is InChI=1S/C20H29N3O3S/c1-20(2,3)27(24,25)23-18-8-4-15(5-9-18)12-22-17-10-6-16(7-11-17)19-13-21-14-26-19/h6-7,10-11,13-15,18,22-23H,4-5,8-9,12H2,1-3H3. The zero-order valence-electron chi connectivity index (χ0n) is 16.2. The summed E-state index contributed by atoms with van der Waals surface area (Å²) >= 11 is 0. The molecule has 0 spiro atoms. The third kappa shape index (κ3) is 5.11. The molecule has 1 aliphatic rings. The predicted molar refractivity (Wildman–Crippen MR) is 108 cm³/mol. The zero-order valence-corrected chi connectivity index (χ0v) is 17.1. The molecule has 1 saturated carbocycles. The summed E-state index contributed by atoms with van der Waals surface area (Å²) in [5.74, 6) is 1.33. The van der Waals surface area contributed by atoms with Gasteiger partial charge in [0.25, 0.3) is 0 Å². The molecule has 0 radical (unpaired) electrons. The second-order valence-electron chi connectivity index (χ2n) is 8.28. The molecule has 0 aliphatic heterocycles. The third-order valence-corrected chi connectivity index (χ3v) is 7.43. The maximum Gasteiger partial charge on any atom is 0.216 e. The Kier molecular flexibility index (Phi) is 5.91. The molecule has 27 heavy (non-hydrogen) atoms. The maximum atomic E-state index is 12.3. The second-order valence-corrected chi connectivity index (χ2v) is 10.7. The molecular formula is C20H29N3O3S. The summed E-state index contributed by atoms with van der Waals surface area (Å²) < 4.78 is 32.0. The highest BCUT2D eigenvalue weighted by Gasteiger charge is 2.32. The van der Waals surface area contributed by atoms with E-state index in [4.69, 9.17) is 4.42 Å². The van der Waals surface area contributed by atoms with Crippen molar-refractivity contribution >= 4 is 15.7 Å². The Morgan fingerprint density at radius 2 is 1.78 bits per heavy atom. The number of hydrogen-bond acceptors (Lipinski definition) is 5. The first-order valence-electron chi connectivity index (χ1n) is 9.49. The molecule has 0 amide bonds. The number of hydrogen-bond donors (Lipinski definition) is 2. The minimum absolute atomic E-state index is 0.0617. The van der Waals surface area contributed by atoms with Gasteiger partial charge < -0.3 is 9.73 Å². The highest BCUT2D eigenvalue weighted by atomic mass is 32.2. The average Bonchev–Trinajstić information content (AvgIpc) is 3.15. The fourth-order valence-corrected chi connectivity index (χ4v) is 4.28. The molecule has 1 heterocycles. The maximum absolute atomic E-state index is 12.3. The molecule has 2 aromatic rings. The van der Waals surface area contributed by atoms with Gasteiger partial charge in [-0.3, -0.25) is 0 Å². The molecule has 0 atom stereocenters. The van der Waals surface area contributed by atoms with Crippen molar-refractivity contribution in [3.05, 3.63) is 36.9 Å². The van der Waals surface area contributed by atoms with Gasteiger partial charge in [0, 0.05) is 23.8 Å². The van der Waals surface area contributed by atoms with E-state index in [1.165, 1.54) is 6.39 Å². The molecular weight excluding hydrogens is 362 g/mol. The molecule has 0 saturated heterocycles. The Labute approximate surface area is 161 Å². The largest absolute Gasteiger partial charge is 0.444 e. The molecule has 0 bridgehead atoms. The fourth-order valence-electron chi connectivity index (χ4n) is 3.25. The first kappa shape index (κ1) is 19.9. The number of sulfonamides is 1. The van der Waals surface area contributed by atoms with E-state index in [1.54, 1.807) is 27.0 Å². The third-order valence-electron chi connectivity index (χ3n) is 5.17. The van der Waals surface area contributed by atoms with Crippen LogP contribution >= 0.6 is 0 Å². The highest BCUT2D eigenvalue weighted by Crippen LogP contribution is 2.27. The molecule has 3 rings (SSSR count). The van der Waals surface area contributed by atoms with Gasteiger partial charge in [-0.25, -0.2) is 18.1 Å². The van der Waals surface area contributed by atoms with Gasteiger partial charge >= 0.3 is 0 Å². The first-order valence-corrected chi connectivity index (χ1v) is 11.0. The minimum atomic E-state index is -3.27. The van der Waals surface area contributed by atoms with Gasteiger partial charge in [0.2, 0.25) is 10.0 Å². The Morgan fingerprint density at radius 1 is 1.11 bits per heavy atom. The summed E-state index contributed by atoms with van der Waals surface area (Å²) in [5.41, 5.74) is 2.08. The van der Waals surface area contributed by atoms with E-state index in [0.717, 1.165) is 49.2 Å². The first-order chi connectivity index (χ1) is 12.7. The minimum Gasteiger partial charge on any atom is -0.444 e. The molecule has 1 aliphatic carbocycles. The van der Waals surface area contributed by atoms with E-state index in [1.807, 2.05) is 24.3 Å². The summed E-state index contributed by atoms with van der Waals surface area (Å²) in [7, 11) is -3.27. The van der Waals surface area contributed by atoms with Crippen molar-refractivity contribution < 1.29 is 12.8 Å². The number of anilines is 1. The summed E-state index contributed by atoms with van der Waals surface area (Å²) in [4.78, 5) is 3.93. The van der Waals surface area contributed by atoms with Crippen LogP contribution in [0.4, 0.5) is 5.69 Å². The zero-order chi connectivity index (χ0) is 19.5. The number of nitrogens with zero attached hydrogens (tertiary/aromatic N) is 1. The Hall–Kier alpha value is -1.86. The lowest BCUT2D eigenvalue weighted by Crippen LogP contribution is -2.46. The monoisotopic (exact) mass is 391 g/mol. The van der Waals surface area contributed by atoms with Crippen LogP contribution in [0.15, 0.2) is 41.3 Å². The molecule has 1 aromatic carbocycles. The van der Waals surface area contributed by atoms with E-state index in [2.05, 4.69) is 15.0 Å². The van der Waals surface area contributed by atoms with Crippen LogP contribution in [0.5, 0.6) is 0 Å². The Bertz CT molecular complexity index is 816. The Balaban J connectivity index is 1.45. The number of benzene rings is 1. The predicted octanol–water partition coefficient (Wildman–Crippen LogP) is 4.03. The lowest BCUT2D eigenvalue weighted by molar-refractivity contribution is 0.322. The SMILES string of the molecule is CC(C)(C)S(=O)(=O)NC1CCC(CNc2ccc(-c3cnco3)cc2)CC1. The quantitative estimate of drug-likeness (QED) is 0.777. The molecule has 1 aromatic heterocycles. The normalized spacial score (nSPS) is 21.1. The van der Waals surface area contributed by atoms with Gasteiger partial charge in [0.15, 0.2) is 12.2 Å². The van der Waals surface area contributed by atoms with Gasteiger partial charge in [-0.2, -0.15) is 0 Å². The van der Waals surface area contributed by atoms with Crippen LogP contribution in [0.2, 0.25) is 0 Å². The fraction of sp³-hybridized carbons (Fsp3) is 0.550. The van der Waals surface area contributed by atoms with Gasteiger partial charge in [-0.1, -0.05) is 0 Å². The van der Waals surface area contributed by atoms with Crippen molar-refractivity contribution in [3.63, 3.8) is 0 Å². The van der Waals surface area contributed by atoms with Gasteiger partial charge in [0.05, 0.1) is 10.9 Å². The summed E-state index contributed by atoms with van der Waals surface area (Å²) in [6, 6.07) is 8.18. The van der Waals surface area contributed by atoms with Crippen LogP contribution in [0.25, 0.3) is 11.3 Å². The van der Waals surface area contributed by atoms with E-state index in [-0.39, 0.29) is 6.04 Å².